The van der Waals surface area contributed by atoms with Gasteiger partial charge in [0, 0.05) is 34.6 Å². The van der Waals surface area contributed by atoms with Crippen LogP contribution in [0.3, 0.4) is 0 Å². The summed E-state index contributed by atoms with van der Waals surface area (Å²) >= 11 is 0. The van der Waals surface area contributed by atoms with Gasteiger partial charge in [0.05, 0.1) is 31.5 Å². The van der Waals surface area contributed by atoms with Crippen LogP contribution in [0.4, 0.5) is 17.3 Å². The second-order valence-corrected chi connectivity index (χ2v) is 8.19. The van der Waals surface area contributed by atoms with Crippen LogP contribution in [-0.4, -0.2) is 47.5 Å². The highest BCUT2D eigenvalue weighted by atomic mass is 16.5. The van der Waals surface area contributed by atoms with Crippen molar-refractivity contribution in [2.75, 3.05) is 37.4 Å². The van der Waals surface area contributed by atoms with Gasteiger partial charge in [-0.25, -0.2) is 9.97 Å². The number of amides is 1. The number of nitrogens with zero attached hydrogens (tertiary/aromatic N) is 3. The SMILES string of the molecule is COc1cccc(Nc2ncc3c(n2)-c2cc(C#CCN4CCCC4)ccc2NC(=O)C3)c1. The Balaban J connectivity index is 1.47. The molecular weight excluding hydrogens is 414 g/mol. The molecule has 166 valence electrons. The zero-order valence-corrected chi connectivity index (χ0v) is 18.5. The summed E-state index contributed by atoms with van der Waals surface area (Å²) in [5, 5.41) is 6.21. The van der Waals surface area contributed by atoms with Gasteiger partial charge in [-0.15, -0.1) is 0 Å². The van der Waals surface area contributed by atoms with E-state index in [1.807, 2.05) is 42.5 Å². The fraction of sp³-hybridized carbons (Fsp3) is 0.269. The van der Waals surface area contributed by atoms with Gasteiger partial charge in [0.2, 0.25) is 11.9 Å². The van der Waals surface area contributed by atoms with Gasteiger partial charge in [-0.3, -0.25) is 9.69 Å². The minimum absolute atomic E-state index is 0.0834. The normalized spacial score (nSPS) is 14.9. The molecule has 1 saturated heterocycles. The van der Waals surface area contributed by atoms with Gasteiger partial charge in [-0.2, -0.15) is 0 Å². The molecular formula is C26H25N5O2. The number of carbonyl (C=O) groups excluding carboxylic acids is 1. The van der Waals surface area contributed by atoms with Crippen molar-refractivity contribution in [2.45, 2.75) is 19.3 Å². The van der Waals surface area contributed by atoms with E-state index in [9.17, 15) is 4.79 Å². The number of ether oxygens (including phenoxy) is 1. The molecule has 0 aliphatic carbocycles. The molecule has 0 atom stereocenters. The average molecular weight is 440 g/mol. The predicted octanol–water partition coefficient (Wildman–Crippen LogP) is 3.84. The molecule has 1 aromatic heterocycles. The zero-order chi connectivity index (χ0) is 22.6. The van der Waals surface area contributed by atoms with E-state index in [1.54, 1.807) is 13.3 Å². The fourth-order valence-corrected chi connectivity index (χ4v) is 4.15. The second kappa shape index (κ2) is 9.31. The molecule has 2 aromatic carbocycles. The Bertz CT molecular complexity index is 1260. The zero-order valence-electron chi connectivity index (χ0n) is 18.5. The van der Waals surface area contributed by atoms with E-state index >= 15 is 0 Å². The summed E-state index contributed by atoms with van der Waals surface area (Å²) in [6, 6.07) is 13.4. The monoisotopic (exact) mass is 439 g/mol. The number of likely N-dealkylation sites (tertiary alicyclic amines) is 1. The topological polar surface area (TPSA) is 79.4 Å². The number of hydrogen-bond donors (Lipinski definition) is 2. The van der Waals surface area contributed by atoms with Crippen molar-refractivity contribution < 1.29 is 9.53 Å². The highest BCUT2D eigenvalue weighted by Crippen LogP contribution is 2.34. The summed E-state index contributed by atoms with van der Waals surface area (Å²) in [7, 11) is 1.63. The molecule has 0 spiro atoms. The van der Waals surface area contributed by atoms with Crippen molar-refractivity contribution in [1.82, 2.24) is 14.9 Å². The highest BCUT2D eigenvalue weighted by molar-refractivity contribution is 6.00. The van der Waals surface area contributed by atoms with Gasteiger partial charge in [0.25, 0.3) is 0 Å². The van der Waals surface area contributed by atoms with Gasteiger partial charge < -0.3 is 15.4 Å². The first-order chi connectivity index (χ1) is 16.2. The third-order valence-corrected chi connectivity index (χ3v) is 5.82. The first-order valence-corrected chi connectivity index (χ1v) is 11.1. The fourth-order valence-electron chi connectivity index (χ4n) is 4.15. The van der Waals surface area contributed by atoms with Crippen LogP contribution in [0, 0.1) is 11.8 Å². The molecule has 2 aliphatic heterocycles. The van der Waals surface area contributed by atoms with Crippen LogP contribution in [-0.2, 0) is 11.2 Å². The Morgan fingerprint density at radius 1 is 1.18 bits per heavy atom. The molecule has 7 heteroatoms. The quantitative estimate of drug-likeness (QED) is 0.602. The third-order valence-electron chi connectivity index (χ3n) is 5.82. The number of rotatable bonds is 4. The number of anilines is 3. The van der Waals surface area contributed by atoms with Crippen LogP contribution in [0.5, 0.6) is 5.75 Å². The van der Waals surface area contributed by atoms with Crippen LogP contribution < -0.4 is 15.4 Å². The third kappa shape index (κ3) is 4.81. The van der Waals surface area contributed by atoms with E-state index in [0.717, 1.165) is 59.1 Å². The van der Waals surface area contributed by atoms with Gasteiger partial charge in [-0.05, 0) is 56.3 Å². The van der Waals surface area contributed by atoms with Gasteiger partial charge in [0.15, 0.2) is 0 Å². The van der Waals surface area contributed by atoms with Crippen molar-refractivity contribution >= 4 is 23.2 Å². The van der Waals surface area contributed by atoms with Gasteiger partial charge in [-0.1, -0.05) is 17.9 Å². The largest absolute Gasteiger partial charge is 0.497 e. The van der Waals surface area contributed by atoms with Crippen molar-refractivity contribution in [3.63, 3.8) is 0 Å². The summed E-state index contributed by atoms with van der Waals surface area (Å²) < 4.78 is 5.29. The molecule has 33 heavy (non-hydrogen) atoms. The molecule has 2 aliphatic rings. The van der Waals surface area contributed by atoms with Crippen LogP contribution >= 0.6 is 0 Å². The van der Waals surface area contributed by atoms with Crippen LogP contribution in [0.2, 0.25) is 0 Å². The van der Waals surface area contributed by atoms with Crippen LogP contribution in [0.15, 0.2) is 48.7 Å². The number of benzene rings is 2. The van der Waals surface area contributed by atoms with Gasteiger partial charge >= 0.3 is 0 Å². The Labute approximate surface area is 193 Å². The van der Waals surface area contributed by atoms with Crippen molar-refractivity contribution in [1.29, 1.82) is 0 Å². The maximum absolute atomic E-state index is 12.4. The lowest BCUT2D eigenvalue weighted by molar-refractivity contribution is -0.115. The lowest BCUT2D eigenvalue weighted by Crippen LogP contribution is -2.18. The first-order valence-electron chi connectivity index (χ1n) is 11.1. The minimum atomic E-state index is -0.0834. The standard InChI is InChI=1S/C26H25N5O2/c1-33-21-8-4-7-20(16-21)28-26-27-17-19-15-24(32)29-23-10-9-18(14-22(23)25(19)30-26)6-5-13-31-11-2-3-12-31/h4,7-10,14,16-17H,2-3,11-13,15H2,1H3,(H,29,32)(H,27,28,30). The lowest BCUT2D eigenvalue weighted by Gasteiger charge is -2.11. The Kier molecular flexibility index (Phi) is 5.92. The van der Waals surface area contributed by atoms with Crippen LogP contribution in [0.25, 0.3) is 11.3 Å². The maximum Gasteiger partial charge on any atom is 0.228 e. The molecule has 1 fully saturated rings. The summed E-state index contributed by atoms with van der Waals surface area (Å²) in [6.45, 7) is 3.03. The Morgan fingerprint density at radius 2 is 2.06 bits per heavy atom. The van der Waals surface area contributed by atoms with E-state index in [-0.39, 0.29) is 12.3 Å². The molecule has 3 aromatic rings. The number of fused-ring (bicyclic) bond motifs is 3. The van der Waals surface area contributed by atoms with E-state index in [0.29, 0.717) is 5.95 Å². The van der Waals surface area contributed by atoms with Crippen LogP contribution in [0.1, 0.15) is 24.0 Å². The van der Waals surface area contributed by atoms with Crippen molar-refractivity contribution in [3.05, 3.63) is 59.8 Å². The molecule has 0 unspecified atom stereocenters. The van der Waals surface area contributed by atoms with Crippen molar-refractivity contribution in [3.8, 4) is 28.8 Å². The van der Waals surface area contributed by atoms with Gasteiger partial charge in [0.1, 0.15) is 5.75 Å². The van der Waals surface area contributed by atoms with E-state index in [1.165, 1.54) is 12.8 Å². The number of methoxy groups -OCH3 is 1. The molecule has 0 bridgehead atoms. The summed E-state index contributed by atoms with van der Waals surface area (Å²) in [5.41, 5.74) is 4.81. The average Bonchev–Trinajstić information content (AvgIpc) is 3.30. The molecule has 5 rings (SSSR count). The smallest absolute Gasteiger partial charge is 0.228 e. The number of hydrogen-bond acceptors (Lipinski definition) is 6. The van der Waals surface area contributed by atoms with Crippen molar-refractivity contribution in [2.24, 2.45) is 0 Å². The van der Waals surface area contributed by atoms with E-state index in [4.69, 9.17) is 9.72 Å². The lowest BCUT2D eigenvalue weighted by atomic mass is 10.0. The first kappa shape index (κ1) is 21.0. The molecule has 1 amide bonds. The highest BCUT2D eigenvalue weighted by Gasteiger charge is 2.21. The summed E-state index contributed by atoms with van der Waals surface area (Å²) in [5.74, 6) is 7.67. The molecule has 0 radical (unpaired) electrons. The molecule has 3 heterocycles. The predicted molar refractivity (Wildman–Crippen MR) is 129 cm³/mol. The number of aromatic nitrogens is 2. The van der Waals surface area contributed by atoms with E-state index in [2.05, 4.69) is 32.4 Å². The maximum atomic E-state index is 12.4. The molecule has 2 N–H and O–H groups in total. The Morgan fingerprint density at radius 3 is 2.91 bits per heavy atom. The summed E-state index contributed by atoms with van der Waals surface area (Å²) in [4.78, 5) is 24.0. The second-order valence-electron chi connectivity index (χ2n) is 8.19. The molecule has 0 saturated carbocycles. The molecule has 7 nitrogen and oxygen atoms in total. The number of carbonyl (C=O) groups is 1. The minimum Gasteiger partial charge on any atom is -0.497 e. The summed E-state index contributed by atoms with van der Waals surface area (Å²) in [6.07, 6.45) is 4.44. The van der Waals surface area contributed by atoms with E-state index < -0.39 is 0 Å². The Hall–Kier alpha value is -3.89. The number of nitrogens with one attached hydrogen (secondary N) is 2.